The molecule has 0 heterocycles. The zero-order chi connectivity index (χ0) is 35.9. The Kier molecular flexibility index (Phi) is 14.3. The molecular formula is C24H30N6O14S5. The fourth-order valence-electron chi connectivity index (χ4n) is 3.48. The van der Waals surface area contributed by atoms with Gasteiger partial charge in [0.2, 0.25) is 0 Å². The Morgan fingerprint density at radius 1 is 0.776 bits per heavy atom. The van der Waals surface area contributed by atoms with Crippen molar-refractivity contribution in [1.82, 2.24) is 0 Å². The Morgan fingerprint density at radius 2 is 1.39 bits per heavy atom. The molecule has 0 bridgehead atoms. The van der Waals surface area contributed by atoms with Gasteiger partial charge in [-0.2, -0.15) is 13.5 Å². The van der Waals surface area contributed by atoms with Gasteiger partial charge in [0.05, 0.1) is 37.5 Å². The minimum Gasteiger partial charge on any atom is -0.412 e. The van der Waals surface area contributed by atoms with Gasteiger partial charge in [0, 0.05) is 10.1 Å². The van der Waals surface area contributed by atoms with Gasteiger partial charge < -0.3 is 44.3 Å². The van der Waals surface area contributed by atoms with Crippen LogP contribution in [0.25, 0.3) is 0 Å². The van der Waals surface area contributed by atoms with Crippen LogP contribution in [0.15, 0.2) is 88.6 Å². The molecule has 0 unspecified atom stereocenters. The molecule has 0 aliphatic rings. The van der Waals surface area contributed by atoms with Crippen molar-refractivity contribution in [2.24, 2.45) is 20.5 Å². The summed E-state index contributed by atoms with van der Waals surface area (Å²) in [6, 6.07) is 9.77. The minimum atomic E-state index is -4.91. The van der Waals surface area contributed by atoms with E-state index in [0.717, 1.165) is 18.2 Å². The molecule has 49 heavy (non-hydrogen) atoms. The first kappa shape index (κ1) is 41.6. The highest BCUT2D eigenvalue weighted by atomic mass is 32.3. The number of nitrogens with two attached hydrogens (primary N) is 2. The van der Waals surface area contributed by atoms with Gasteiger partial charge in [-0.3, -0.25) is 9.44 Å². The number of unbranched alkanes of at least 4 members (excludes halogenated alkanes) is 1. The molecule has 13 N–H and O–H groups in total. The Labute approximate surface area is 287 Å². The summed E-state index contributed by atoms with van der Waals surface area (Å²) >= 11 is 0.642. The second kappa shape index (κ2) is 16.9. The molecule has 0 aliphatic carbocycles. The quantitative estimate of drug-likeness (QED) is 0.0173. The van der Waals surface area contributed by atoms with Crippen LogP contribution in [-0.4, -0.2) is 59.9 Å². The van der Waals surface area contributed by atoms with E-state index < -0.39 is 57.5 Å². The van der Waals surface area contributed by atoms with Crippen molar-refractivity contribution in [3.8, 4) is 11.4 Å². The van der Waals surface area contributed by atoms with Crippen LogP contribution in [0.5, 0.6) is 0 Å². The summed E-state index contributed by atoms with van der Waals surface area (Å²) in [7, 11) is -17.4. The standard InChI is InChI=1S/C24H28N6O13S5.H2O/c1-2-3-12-45(31,32)17-7-4-15(5-8-17)27-30-24-22(25)19(14-21(23(24)26)47(36,37)38)29-28-18-9-6-16(13-20(18)46(33,34)35)44-11-10-42-43-48(39,40)41;/h4-9,13-14,33-38H,2-3,12,25-26H2,1H3,(H,39,40,41);1H2. The molecule has 0 fully saturated rings. The number of azo groups is 2. The number of benzene rings is 3. The Balaban J connectivity index is 0.00000833. The van der Waals surface area contributed by atoms with E-state index in [1.165, 1.54) is 30.3 Å². The molecule has 0 saturated heterocycles. The summed E-state index contributed by atoms with van der Waals surface area (Å²) in [5.41, 5.74) is 10.4. The van der Waals surface area contributed by atoms with E-state index in [-0.39, 0.29) is 49.5 Å². The fraction of sp³-hybridized carbons (Fsp3) is 0.167. The Bertz CT molecular complexity index is 1990. The minimum absolute atomic E-state index is 0. The van der Waals surface area contributed by atoms with Crippen LogP contribution in [0, 0.1) is 11.4 Å². The lowest BCUT2D eigenvalue weighted by Crippen LogP contribution is -2.06. The molecule has 3 rings (SSSR count). The highest BCUT2D eigenvalue weighted by Gasteiger charge is 2.26. The van der Waals surface area contributed by atoms with Crippen molar-refractivity contribution in [2.75, 3.05) is 17.2 Å². The maximum atomic E-state index is 12.4. The molecule has 0 spiro atoms. The van der Waals surface area contributed by atoms with Crippen molar-refractivity contribution < 1.29 is 63.4 Å². The van der Waals surface area contributed by atoms with Crippen LogP contribution in [0.3, 0.4) is 0 Å². The Morgan fingerprint density at radius 3 is 1.96 bits per heavy atom. The molecule has 3 aromatic carbocycles. The maximum absolute atomic E-state index is 12.4. The van der Waals surface area contributed by atoms with Gasteiger partial charge in [-0.1, -0.05) is 13.3 Å². The highest BCUT2D eigenvalue weighted by Crippen LogP contribution is 2.54. The van der Waals surface area contributed by atoms with Crippen LogP contribution in [-0.2, 0) is 29.5 Å². The van der Waals surface area contributed by atoms with Gasteiger partial charge in [-0.25, -0.2) is 8.42 Å². The van der Waals surface area contributed by atoms with Gasteiger partial charge in [-0.15, -0.1) is 15.3 Å². The molecule has 0 radical (unpaired) electrons. The van der Waals surface area contributed by atoms with Crippen LogP contribution in [0.4, 0.5) is 34.1 Å². The normalized spacial score (nSPS) is 13.1. The molecule has 20 nitrogen and oxygen atoms in total. The number of nitrogen functional groups attached to an aromatic ring is 2. The summed E-state index contributed by atoms with van der Waals surface area (Å²) in [5, 5.41) is 17.8. The van der Waals surface area contributed by atoms with E-state index in [1.807, 2.05) is 6.92 Å². The van der Waals surface area contributed by atoms with Crippen LogP contribution < -0.4 is 11.5 Å². The van der Waals surface area contributed by atoms with Gasteiger partial charge in [0.15, 0.2) is 15.9 Å². The number of nitrogens with zero attached hydrogens (tertiary/aromatic N) is 4. The first-order valence-corrected chi connectivity index (χ1v) is 19.6. The van der Waals surface area contributed by atoms with Crippen molar-refractivity contribution in [3.05, 3.63) is 48.5 Å². The molecular weight excluding hydrogens is 757 g/mol. The third kappa shape index (κ3) is 12.1. The van der Waals surface area contributed by atoms with E-state index >= 15 is 0 Å². The molecule has 0 aliphatic heterocycles. The predicted octanol–water partition coefficient (Wildman–Crippen LogP) is 6.36. The fourth-order valence-corrected chi connectivity index (χ4v) is 6.98. The first-order valence-electron chi connectivity index (χ1n) is 12.8. The molecule has 0 saturated carbocycles. The number of hydrogen-bond acceptors (Lipinski definition) is 19. The molecule has 0 amide bonds. The number of rotatable bonds is 13. The van der Waals surface area contributed by atoms with E-state index in [0.29, 0.717) is 24.6 Å². The van der Waals surface area contributed by atoms with Gasteiger partial charge in [0.25, 0.3) is 0 Å². The largest absolute Gasteiger partial charge is 0.433 e. The van der Waals surface area contributed by atoms with Crippen molar-refractivity contribution >= 4 is 87.9 Å². The van der Waals surface area contributed by atoms with Gasteiger partial charge >= 0.3 is 10.4 Å². The predicted molar refractivity (Wildman–Crippen MR) is 182 cm³/mol. The van der Waals surface area contributed by atoms with Crippen LogP contribution in [0.1, 0.15) is 19.8 Å². The molecule has 270 valence electrons. The van der Waals surface area contributed by atoms with E-state index in [4.69, 9.17) is 16.0 Å². The smallest absolute Gasteiger partial charge is 0.412 e. The van der Waals surface area contributed by atoms with Crippen molar-refractivity contribution in [3.63, 3.8) is 0 Å². The lowest BCUT2D eigenvalue weighted by Gasteiger charge is -2.23. The SMILES string of the molecule is CCCCS(=O)(=O)c1ccc(N=Nc2c(N)c(N=Nc3ccc(SC#COOS(=O)(=O)O)cc3S(O)(O)O)cc(S(O)(O)O)c2N)cc1.O. The summed E-state index contributed by atoms with van der Waals surface area (Å²) in [4.78, 5) is 2.96. The lowest BCUT2D eigenvalue weighted by molar-refractivity contribution is -0.135. The highest BCUT2D eigenvalue weighted by molar-refractivity contribution is 8.19. The summed E-state index contributed by atoms with van der Waals surface area (Å²) < 4.78 is 118. The van der Waals surface area contributed by atoms with Gasteiger partial charge in [0.1, 0.15) is 38.8 Å². The monoisotopic (exact) mass is 786 g/mol. The zero-order valence-corrected chi connectivity index (χ0v) is 28.9. The number of hydrogen-bond donors (Lipinski definition) is 9. The lowest BCUT2D eigenvalue weighted by atomic mass is 10.2. The van der Waals surface area contributed by atoms with Crippen molar-refractivity contribution in [2.45, 2.75) is 39.3 Å². The second-order valence-corrected chi connectivity index (χ2v) is 16.1. The summed E-state index contributed by atoms with van der Waals surface area (Å²) in [6.45, 7) is 1.86. The van der Waals surface area contributed by atoms with E-state index in [2.05, 4.69) is 34.9 Å². The van der Waals surface area contributed by atoms with E-state index in [1.54, 1.807) is 6.11 Å². The number of sulfone groups is 1. The summed E-state index contributed by atoms with van der Waals surface area (Å²) in [6.07, 6.45) is 2.97. The number of thioether (sulfide) groups is 1. The Hall–Kier alpha value is -3.59. The van der Waals surface area contributed by atoms with Crippen LogP contribution >= 0.6 is 33.5 Å². The zero-order valence-electron chi connectivity index (χ0n) is 24.8. The van der Waals surface area contributed by atoms with Gasteiger partial charge in [-0.05, 0) is 71.0 Å². The first-order chi connectivity index (χ1) is 22.2. The van der Waals surface area contributed by atoms with Crippen molar-refractivity contribution in [1.29, 1.82) is 0 Å². The molecule has 0 aromatic heterocycles. The molecule has 25 heteroatoms. The average Bonchev–Trinajstić information content (AvgIpc) is 2.98. The average molecular weight is 787 g/mol. The number of anilines is 2. The van der Waals surface area contributed by atoms with Crippen LogP contribution in [0.2, 0.25) is 0 Å². The molecule has 0 atom stereocenters. The summed E-state index contributed by atoms with van der Waals surface area (Å²) in [5.74, 6) is -0.0289. The topological polar surface area (TPSA) is 361 Å². The third-order valence-electron chi connectivity index (χ3n) is 5.71. The second-order valence-electron chi connectivity index (χ2n) is 9.19. The van der Waals surface area contributed by atoms with E-state index in [9.17, 15) is 44.2 Å². The molecule has 3 aromatic rings. The third-order valence-corrected chi connectivity index (χ3v) is 10.3. The maximum Gasteiger partial charge on any atom is 0.433 e.